The Morgan fingerprint density at radius 3 is 2.78 bits per heavy atom. The number of benzene rings is 1. The number of ether oxygens (including phenoxy) is 2. The van der Waals surface area contributed by atoms with E-state index in [0.717, 1.165) is 37.8 Å². The van der Waals surface area contributed by atoms with Gasteiger partial charge in [-0.25, -0.2) is 4.98 Å². The van der Waals surface area contributed by atoms with Crippen molar-refractivity contribution in [1.82, 2.24) is 14.5 Å². The number of methoxy groups -OCH3 is 1. The summed E-state index contributed by atoms with van der Waals surface area (Å²) < 4.78 is 13.3. The molecule has 0 saturated heterocycles. The first-order chi connectivity index (χ1) is 11.3. The molecule has 23 heavy (non-hydrogen) atoms. The first kappa shape index (κ1) is 16.2. The fourth-order valence-electron chi connectivity index (χ4n) is 3.12. The monoisotopic (exact) mass is 315 g/mol. The molecule has 0 spiro atoms. The normalized spacial score (nSPS) is 18.1. The van der Waals surface area contributed by atoms with Gasteiger partial charge in [-0.15, -0.1) is 0 Å². The predicted molar refractivity (Wildman–Crippen MR) is 89.0 cm³/mol. The first-order valence-corrected chi connectivity index (χ1v) is 8.18. The quantitative estimate of drug-likeness (QED) is 0.736. The van der Waals surface area contributed by atoms with E-state index >= 15 is 0 Å². The Kier molecular flexibility index (Phi) is 5.43. The Hall–Kier alpha value is -1.69. The van der Waals surface area contributed by atoms with Crippen molar-refractivity contribution in [2.45, 2.75) is 32.7 Å². The Morgan fingerprint density at radius 1 is 1.17 bits per heavy atom. The van der Waals surface area contributed by atoms with Crippen LogP contribution < -0.4 is 0 Å². The summed E-state index contributed by atoms with van der Waals surface area (Å²) in [6.45, 7) is 7.18. The topological polar surface area (TPSA) is 39.5 Å². The van der Waals surface area contributed by atoms with E-state index in [1.165, 1.54) is 5.56 Å². The van der Waals surface area contributed by atoms with Crippen molar-refractivity contribution in [3.05, 3.63) is 53.6 Å². The van der Waals surface area contributed by atoms with Crippen LogP contribution in [-0.2, 0) is 29.2 Å². The molecule has 0 amide bonds. The van der Waals surface area contributed by atoms with Crippen LogP contribution in [0.15, 0.2) is 36.5 Å². The average Bonchev–Trinajstić information content (AvgIpc) is 2.99. The lowest BCUT2D eigenvalue weighted by Gasteiger charge is -2.34. The van der Waals surface area contributed by atoms with Crippen molar-refractivity contribution in [3.63, 3.8) is 0 Å². The number of aromatic nitrogens is 2. The van der Waals surface area contributed by atoms with Gasteiger partial charge in [-0.2, -0.15) is 0 Å². The smallest absolute Gasteiger partial charge is 0.126 e. The molecule has 2 heterocycles. The van der Waals surface area contributed by atoms with Crippen molar-refractivity contribution >= 4 is 0 Å². The molecule has 5 heteroatoms. The first-order valence-electron chi connectivity index (χ1n) is 8.18. The molecule has 124 valence electrons. The zero-order valence-electron chi connectivity index (χ0n) is 13.9. The molecular formula is C18H25N3O2. The van der Waals surface area contributed by atoms with Gasteiger partial charge < -0.3 is 14.0 Å². The van der Waals surface area contributed by atoms with Gasteiger partial charge in [0, 0.05) is 26.7 Å². The zero-order chi connectivity index (χ0) is 16.1. The van der Waals surface area contributed by atoms with E-state index in [0.29, 0.717) is 19.3 Å². The maximum absolute atomic E-state index is 5.81. The highest BCUT2D eigenvalue weighted by atomic mass is 16.5. The number of imidazole rings is 1. The Morgan fingerprint density at radius 2 is 2.00 bits per heavy atom. The van der Waals surface area contributed by atoms with E-state index in [2.05, 4.69) is 33.5 Å². The fraction of sp³-hybridized carbons (Fsp3) is 0.500. The highest BCUT2D eigenvalue weighted by Gasteiger charge is 2.26. The van der Waals surface area contributed by atoms with Gasteiger partial charge >= 0.3 is 0 Å². The molecule has 1 aromatic heterocycles. The maximum Gasteiger partial charge on any atom is 0.126 e. The number of nitrogens with zero attached hydrogens (tertiary/aromatic N) is 3. The maximum atomic E-state index is 5.81. The molecule has 1 aliphatic heterocycles. The fourth-order valence-corrected chi connectivity index (χ4v) is 3.12. The standard InChI is InChI=1S/C18H25N3O2/c1-15-18-19-12-17(14-22-2)21(18)9-8-20(15)10-11-23-13-16-6-4-3-5-7-16/h3-7,12,15H,8-11,13-14H2,1-2H3/t15-/m0/s1. The van der Waals surface area contributed by atoms with E-state index in [-0.39, 0.29) is 0 Å². The second-order valence-corrected chi connectivity index (χ2v) is 5.94. The van der Waals surface area contributed by atoms with E-state index in [1.54, 1.807) is 7.11 Å². The van der Waals surface area contributed by atoms with Gasteiger partial charge in [0.25, 0.3) is 0 Å². The molecule has 0 aliphatic carbocycles. The lowest BCUT2D eigenvalue weighted by Crippen LogP contribution is -2.39. The molecule has 3 rings (SSSR count). The van der Waals surface area contributed by atoms with Gasteiger partial charge in [0.2, 0.25) is 0 Å². The number of fused-ring (bicyclic) bond motifs is 1. The van der Waals surface area contributed by atoms with Crippen molar-refractivity contribution < 1.29 is 9.47 Å². The van der Waals surface area contributed by atoms with Crippen LogP contribution >= 0.6 is 0 Å². The third kappa shape index (κ3) is 3.80. The van der Waals surface area contributed by atoms with E-state index in [4.69, 9.17) is 9.47 Å². The van der Waals surface area contributed by atoms with Crippen LogP contribution in [0.4, 0.5) is 0 Å². The van der Waals surface area contributed by atoms with Gasteiger partial charge in [-0.05, 0) is 12.5 Å². The van der Waals surface area contributed by atoms with Crippen molar-refractivity contribution in [1.29, 1.82) is 0 Å². The molecule has 0 saturated carbocycles. The highest BCUT2D eigenvalue weighted by molar-refractivity contribution is 5.13. The van der Waals surface area contributed by atoms with Crippen LogP contribution in [0.3, 0.4) is 0 Å². The summed E-state index contributed by atoms with van der Waals surface area (Å²) in [5.41, 5.74) is 2.38. The summed E-state index contributed by atoms with van der Waals surface area (Å²) in [5, 5.41) is 0. The minimum Gasteiger partial charge on any atom is -0.378 e. The van der Waals surface area contributed by atoms with Crippen LogP contribution in [0.5, 0.6) is 0 Å². The number of rotatable bonds is 7. The Labute approximate surface area is 137 Å². The molecule has 2 aromatic rings. The van der Waals surface area contributed by atoms with Crippen LogP contribution in [0.1, 0.15) is 30.0 Å². The summed E-state index contributed by atoms with van der Waals surface area (Å²) >= 11 is 0. The molecule has 0 bridgehead atoms. The lowest BCUT2D eigenvalue weighted by molar-refractivity contribution is 0.0679. The second kappa shape index (κ2) is 7.73. The molecule has 5 nitrogen and oxygen atoms in total. The number of hydrogen-bond acceptors (Lipinski definition) is 4. The molecule has 1 aliphatic rings. The van der Waals surface area contributed by atoms with Crippen molar-refractivity contribution in [3.8, 4) is 0 Å². The average molecular weight is 315 g/mol. The number of hydrogen-bond donors (Lipinski definition) is 0. The zero-order valence-corrected chi connectivity index (χ0v) is 13.9. The summed E-state index contributed by atoms with van der Waals surface area (Å²) in [7, 11) is 1.72. The second-order valence-electron chi connectivity index (χ2n) is 5.94. The predicted octanol–water partition coefficient (Wildman–Crippen LogP) is 2.62. The molecule has 0 unspecified atom stereocenters. The van der Waals surface area contributed by atoms with Crippen LogP contribution in [0, 0.1) is 0 Å². The summed E-state index contributed by atoms with van der Waals surface area (Å²) in [6, 6.07) is 10.6. The molecule has 1 atom stereocenters. The van der Waals surface area contributed by atoms with Gasteiger partial charge in [-0.1, -0.05) is 30.3 Å². The van der Waals surface area contributed by atoms with Gasteiger partial charge in [0.15, 0.2) is 0 Å². The Bertz CT molecular complexity index is 612. The van der Waals surface area contributed by atoms with E-state index in [9.17, 15) is 0 Å². The molecular weight excluding hydrogens is 290 g/mol. The Balaban J connectivity index is 1.50. The minimum atomic E-state index is 0.315. The summed E-state index contributed by atoms with van der Waals surface area (Å²) in [4.78, 5) is 7.02. The third-order valence-electron chi connectivity index (χ3n) is 4.43. The van der Waals surface area contributed by atoms with Crippen LogP contribution in [-0.4, -0.2) is 41.3 Å². The minimum absolute atomic E-state index is 0.315. The van der Waals surface area contributed by atoms with Gasteiger partial charge in [0.05, 0.1) is 37.8 Å². The van der Waals surface area contributed by atoms with Gasteiger partial charge in [0.1, 0.15) is 5.82 Å². The lowest BCUT2D eigenvalue weighted by atomic mass is 10.2. The largest absolute Gasteiger partial charge is 0.378 e. The summed E-state index contributed by atoms with van der Waals surface area (Å²) in [6.07, 6.45) is 1.94. The van der Waals surface area contributed by atoms with Crippen LogP contribution in [0.2, 0.25) is 0 Å². The molecule has 0 N–H and O–H groups in total. The van der Waals surface area contributed by atoms with E-state index < -0.39 is 0 Å². The highest BCUT2D eigenvalue weighted by Crippen LogP contribution is 2.25. The molecule has 0 radical (unpaired) electrons. The molecule has 0 fully saturated rings. The van der Waals surface area contributed by atoms with Crippen molar-refractivity contribution in [2.75, 3.05) is 26.8 Å². The summed E-state index contributed by atoms with van der Waals surface area (Å²) in [5.74, 6) is 1.13. The van der Waals surface area contributed by atoms with E-state index in [1.807, 2.05) is 24.4 Å². The third-order valence-corrected chi connectivity index (χ3v) is 4.43. The SMILES string of the molecule is COCc1cnc2n1CCN(CCOCc1ccccc1)[C@H]2C. The van der Waals surface area contributed by atoms with Gasteiger partial charge in [-0.3, -0.25) is 4.90 Å². The van der Waals surface area contributed by atoms with Crippen LogP contribution in [0.25, 0.3) is 0 Å². The molecule has 1 aromatic carbocycles. The van der Waals surface area contributed by atoms with Crippen molar-refractivity contribution in [2.24, 2.45) is 0 Å².